The van der Waals surface area contributed by atoms with E-state index in [1.54, 1.807) is 18.7 Å². The number of hydrogen-bond donors (Lipinski definition) is 1. The number of nitrogens with one attached hydrogen (secondary N) is 1. The molecule has 3 heteroatoms. The lowest BCUT2D eigenvalue weighted by Gasteiger charge is -1.46. The number of aromatic amines is 1. The summed E-state index contributed by atoms with van der Waals surface area (Å²) in [6.07, 6.45) is 5.08. The van der Waals surface area contributed by atoms with Crippen LogP contribution in [0.3, 0.4) is 0 Å². The van der Waals surface area contributed by atoms with Gasteiger partial charge in [-0.25, -0.2) is 4.98 Å². The largest absolute Gasteiger partial charge is 0.351 e. The molecule has 1 N–H and O–H groups in total. The van der Waals surface area contributed by atoms with E-state index in [-0.39, 0.29) is 0 Å². The summed E-state index contributed by atoms with van der Waals surface area (Å²) in [5.74, 6) is 0. The Labute approximate surface area is 45.6 Å². The van der Waals surface area contributed by atoms with Crippen molar-refractivity contribution in [1.82, 2.24) is 9.97 Å². The van der Waals surface area contributed by atoms with Gasteiger partial charge < -0.3 is 4.98 Å². The monoisotopic (exact) mass is 116 g/mol. The van der Waals surface area contributed by atoms with E-state index >= 15 is 0 Å². The van der Waals surface area contributed by atoms with Crippen LogP contribution in [0.5, 0.6) is 0 Å². The van der Waals surface area contributed by atoms with Crippen molar-refractivity contribution in [2.75, 3.05) is 6.66 Å². The van der Waals surface area contributed by atoms with E-state index in [2.05, 4.69) is 19.2 Å². The molecule has 0 bridgehead atoms. The molecule has 0 aromatic carbocycles. The maximum absolute atomic E-state index is 3.67. The van der Waals surface area contributed by atoms with Crippen LogP contribution in [-0.4, -0.2) is 16.6 Å². The summed E-state index contributed by atoms with van der Waals surface area (Å²) in [7, 11) is 2.42. The van der Waals surface area contributed by atoms with E-state index in [4.69, 9.17) is 0 Å². The van der Waals surface area contributed by atoms with Gasteiger partial charge in [0.25, 0.3) is 0 Å². The fourth-order valence-corrected chi connectivity index (χ4v) is 0.215. The fraction of sp³-hybridized carbons (Fsp3) is 0.250. The van der Waals surface area contributed by atoms with Crippen LogP contribution in [0.25, 0.3) is 0 Å². The third-order valence-electron chi connectivity index (χ3n) is 0.406. The Hall–Kier alpha value is -0.360. The molecule has 1 unspecified atom stereocenters. The second-order valence-electron chi connectivity index (χ2n) is 0.761. The average Bonchev–Trinajstić information content (AvgIpc) is 2.23. The van der Waals surface area contributed by atoms with Crippen LogP contribution < -0.4 is 0 Å². The molecule has 0 aliphatic carbocycles. The van der Waals surface area contributed by atoms with E-state index in [1.165, 1.54) is 0 Å². The summed E-state index contributed by atoms with van der Waals surface area (Å²) in [5, 5.41) is 0. The molecular weight excluding hydrogens is 107 g/mol. The Morgan fingerprint density at radius 1 is 1.57 bits per heavy atom. The van der Waals surface area contributed by atoms with Crippen molar-refractivity contribution < 1.29 is 0 Å². The molecule has 0 saturated carbocycles. The SMILES string of the molecule is CP.c1c[nH]cn1. The lowest BCUT2D eigenvalue weighted by atomic mass is 11.0. The Bertz CT molecular complexity index is 66.2. The molecule has 1 rings (SSSR count). The predicted octanol–water partition coefficient (Wildman–Crippen LogP) is 0.901. The lowest BCUT2D eigenvalue weighted by Crippen LogP contribution is -1.44. The highest BCUT2D eigenvalue weighted by Crippen LogP contribution is 1.62. The molecule has 0 aliphatic rings. The molecule has 0 amide bonds. The Morgan fingerprint density at radius 3 is 2.43 bits per heavy atom. The van der Waals surface area contributed by atoms with Gasteiger partial charge in [-0.2, -0.15) is 0 Å². The topological polar surface area (TPSA) is 28.7 Å². The number of rotatable bonds is 0. The van der Waals surface area contributed by atoms with Crippen LogP contribution in [0.15, 0.2) is 18.7 Å². The van der Waals surface area contributed by atoms with Gasteiger partial charge in [0.05, 0.1) is 6.33 Å². The zero-order valence-corrected chi connectivity index (χ0v) is 5.41. The first-order valence-corrected chi connectivity index (χ1v) is 3.16. The average molecular weight is 116 g/mol. The molecule has 40 valence electrons. The number of nitrogens with zero attached hydrogens (tertiary/aromatic N) is 1. The summed E-state index contributed by atoms with van der Waals surface area (Å²) >= 11 is 0. The van der Waals surface area contributed by atoms with Crippen molar-refractivity contribution in [1.29, 1.82) is 0 Å². The van der Waals surface area contributed by atoms with Gasteiger partial charge >= 0.3 is 0 Å². The number of hydrogen-bond acceptors (Lipinski definition) is 1. The van der Waals surface area contributed by atoms with Crippen LogP contribution in [0.4, 0.5) is 0 Å². The highest BCUT2D eigenvalue weighted by Gasteiger charge is 1.56. The molecule has 0 aliphatic heterocycles. The van der Waals surface area contributed by atoms with Gasteiger partial charge in [-0.3, -0.25) is 0 Å². The summed E-state index contributed by atoms with van der Waals surface area (Å²) in [6, 6.07) is 0. The van der Waals surface area contributed by atoms with Crippen LogP contribution in [-0.2, 0) is 0 Å². The molecule has 1 atom stereocenters. The minimum Gasteiger partial charge on any atom is -0.351 e. The maximum atomic E-state index is 3.67. The zero-order valence-electron chi connectivity index (χ0n) is 4.26. The normalized spacial score (nSPS) is 6.57. The highest BCUT2D eigenvalue weighted by atomic mass is 31.0. The van der Waals surface area contributed by atoms with Crippen molar-refractivity contribution in [3.8, 4) is 0 Å². The van der Waals surface area contributed by atoms with Crippen molar-refractivity contribution in [3.63, 3.8) is 0 Å². The highest BCUT2D eigenvalue weighted by molar-refractivity contribution is 7.15. The molecular formula is C4H9N2P. The maximum Gasteiger partial charge on any atom is 0.0919 e. The van der Waals surface area contributed by atoms with Crippen LogP contribution >= 0.6 is 9.24 Å². The van der Waals surface area contributed by atoms with Crippen LogP contribution in [0.2, 0.25) is 0 Å². The summed E-state index contributed by atoms with van der Waals surface area (Å²) in [5.41, 5.74) is 0. The predicted molar refractivity (Wildman–Crippen MR) is 34.2 cm³/mol. The van der Waals surface area contributed by atoms with Crippen molar-refractivity contribution in [3.05, 3.63) is 18.7 Å². The van der Waals surface area contributed by atoms with Gasteiger partial charge in [0.1, 0.15) is 0 Å². The minimum absolute atomic E-state index is 1.62. The molecule has 1 heterocycles. The van der Waals surface area contributed by atoms with Gasteiger partial charge in [-0.05, 0) is 0 Å². The van der Waals surface area contributed by atoms with E-state index in [0.717, 1.165) is 0 Å². The van der Waals surface area contributed by atoms with E-state index < -0.39 is 0 Å². The van der Waals surface area contributed by atoms with Gasteiger partial charge in [0.15, 0.2) is 0 Å². The van der Waals surface area contributed by atoms with Gasteiger partial charge in [-0.1, -0.05) is 6.66 Å². The molecule has 0 radical (unpaired) electrons. The molecule has 1 aromatic rings. The van der Waals surface area contributed by atoms with Crippen molar-refractivity contribution in [2.45, 2.75) is 0 Å². The fourth-order valence-electron chi connectivity index (χ4n) is 0.215. The molecule has 0 spiro atoms. The summed E-state index contributed by atoms with van der Waals surface area (Å²) in [4.78, 5) is 6.42. The summed E-state index contributed by atoms with van der Waals surface area (Å²) in [6.45, 7) is 1.92. The van der Waals surface area contributed by atoms with Gasteiger partial charge in [0.2, 0.25) is 0 Å². The third kappa shape index (κ3) is 3.47. The molecule has 7 heavy (non-hydrogen) atoms. The Morgan fingerprint density at radius 2 is 2.29 bits per heavy atom. The van der Waals surface area contributed by atoms with Crippen LogP contribution in [0.1, 0.15) is 0 Å². The van der Waals surface area contributed by atoms with Gasteiger partial charge in [-0.15, -0.1) is 9.24 Å². The molecule has 0 saturated heterocycles. The summed E-state index contributed by atoms with van der Waals surface area (Å²) < 4.78 is 0. The lowest BCUT2D eigenvalue weighted by molar-refractivity contribution is 1.31. The minimum atomic E-state index is 1.62. The van der Waals surface area contributed by atoms with E-state index in [0.29, 0.717) is 0 Å². The molecule has 2 nitrogen and oxygen atoms in total. The number of imidazole rings is 1. The first kappa shape index (κ1) is 6.64. The first-order chi connectivity index (χ1) is 3.50. The quantitative estimate of drug-likeness (QED) is 0.501. The second kappa shape index (κ2) is 5.64. The second-order valence-corrected chi connectivity index (χ2v) is 0.761. The molecule has 0 fully saturated rings. The first-order valence-electron chi connectivity index (χ1n) is 2.00. The van der Waals surface area contributed by atoms with Gasteiger partial charge in [0, 0.05) is 12.4 Å². The van der Waals surface area contributed by atoms with E-state index in [9.17, 15) is 0 Å². The smallest absolute Gasteiger partial charge is 0.0919 e. The number of aromatic nitrogens is 2. The van der Waals surface area contributed by atoms with Crippen molar-refractivity contribution in [2.24, 2.45) is 0 Å². The zero-order chi connectivity index (χ0) is 5.54. The number of H-pyrrole nitrogens is 1. The standard InChI is InChI=1S/C3H4N2.CH5P/c1-2-5-3-4-1;1-2/h1-3H,(H,4,5);2H2,1H3. The van der Waals surface area contributed by atoms with E-state index in [1.807, 2.05) is 6.66 Å². The van der Waals surface area contributed by atoms with Crippen LogP contribution in [0, 0.1) is 0 Å². The Kier molecular flexibility index (Phi) is 5.35. The third-order valence-corrected chi connectivity index (χ3v) is 0.406. The molecule has 1 aromatic heterocycles. The van der Waals surface area contributed by atoms with Crippen molar-refractivity contribution >= 4 is 9.24 Å². The Balaban J connectivity index is 0.000000162.